The fraction of sp³-hybridized carbons (Fsp3) is 0.127. The number of benzene rings is 10. The van der Waals surface area contributed by atoms with Gasteiger partial charge in [-0.05, 0) is 161 Å². The molecule has 0 saturated carbocycles. The van der Waals surface area contributed by atoms with Gasteiger partial charge in [-0.25, -0.2) is 0 Å². The summed E-state index contributed by atoms with van der Waals surface area (Å²) in [6.07, 6.45) is 11.2. The van der Waals surface area contributed by atoms with Crippen LogP contribution in [0, 0.1) is 13.8 Å². The first-order valence-electron chi connectivity index (χ1n) is 29.4. The minimum Gasteiger partial charge on any atom is -0.326 e. The second-order valence-electron chi connectivity index (χ2n) is 20.4. The van der Waals surface area contributed by atoms with Crippen LogP contribution in [0.3, 0.4) is 0 Å². The summed E-state index contributed by atoms with van der Waals surface area (Å²) in [7, 11) is 0. The number of aromatic nitrogens is 2. The molecule has 5 nitrogen and oxygen atoms in total. The smallest absolute Gasteiger partial charge is 0.0859 e. The highest BCUT2D eigenvalue weighted by molar-refractivity contribution is 6.11. The normalized spacial score (nSPS) is 11.7. The summed E-state index contributed by atoms with van der Waals surface area (Å²) < 4.78 is 4.86. The van der Waals surface area contributed by atoms with Gasteiger partial charge in [-0.15, -0.1) is 6.58 Å². The average molecular weight is 1100 g/mol. The van der Waals surface area contributed by atoms with Crippen molar-refractivity contribution in [1.29, 1.82) is 0 Å². The third-order valence-electron chi connectivity index (χ3n) is 15.2. The Bertz CT molecular complexity index is 4140. The van der Waals surface area contributed by atoms with E-state index in [9.17, 15) is 0 Å². The van der Waals surface area contributed by atoms with Crippen LogP contribution in [0.2, 0.25) is 0 Å². The molecule has 0 atom stereocenters. The lowest BCUT2D eigenvalue weighted by Crippen LogP contribution is -2.05. The van der Waals surface area contributed by atoms with Crippen LogP contribution in [0.25, 0.3) is 83.6 Å². The zero-order valence-electron chi connectivity index (χ0n) is 49.3. The standard InChI is InChI=1S/C52H40N4.C13H13N.C8H10.C4H8.C2H6/c53-35-54-31-30-44(38-24-22-37(23-25-38)36-12-3-1-4-13-36)41-14-11-17-43(32-41)56-50-21-10-8-19-46(50)48-34-40(27-29-52(48)56)39-26-28-51-47(33-39)45-18-7-9-20-49(45)55(51)42-15-5-2-6-16-42;14-10-11-6-8-13(9-7-11)12-4-2-1-3-5-12;1-7-5-3-4-6-8(7)2;1-3-4-2;1-2/h1-26,28,30-34H,27,29,35,53H2;1-9H,10,14H2;3-6H,1-2H3;3H,1,4H2,2H3;1-2H3/b44-30-,54-31-;;;;. The van der Waals surface area contributed by atoms with E-state index in [0.29, 0.717) is 6.54 Å². The summed E-state index contributed by atoms with van der Waals surface area (Å²) in [6.45, 7) is 14.6. The van der Waals surface area contributed by atoms with E-state index in [4.69, 9.17) is 11.5 Å². The SMILES string of the molecule is C=CCC.CC.Cc1ccccc1C.NC/N=C\C=C(\c1ccc(-c2ccccc2)cc1)c1cccc(-n2c3c(c4ccccc42)C=C(c2ccc4c(c2)c2ccccc2n4-c2ccccc2)CC3)c1.NCc1ccc(-c2ccccc2)cc1. The van der Waals surface area contributed by atoms with Gasteiger partial charge in [-0.2, -0.15) is 0 Å². The van der Waals surface area contributed by atoms with E-state index in [1.54, 1.807) is 0 Å². The van der Waals surface area contributed by atoms with Crippen molar-refractivity contribution in [2.45, 2.75) is 60.4 Å². The van der Waals surface area contributed by atoms with Crippen LogP contribution in [0.4, 0.5) is 0 Å². The van der Waals surface area contributed by atoms with Gasteiger partial charge in [0.2, 0.25) is 0 Å². The molecule has 10 aromatic carbocycles. The highest BCUT2D eigenvalue weighted by Gasteiger charge is 2.23. The Balaban J connectivity index is 0.000000248. The summed E-state index contributed by atoms with van der Waals surface area (Å²) in [4.78, 5) is 4.34. The van der Waals surface area contributed by atoms with E-state index in [1.165, 1.54) is 99.7 Å². The summed E-state index contributed by atoms with van der Waals surface area (Å²) >= 11 is 0. The largest absolute Gasteiger partial charge is 0.326 e. The molecule has 12 aromatic rings. The molecule has 0 amide bonds. The molecule has 2 aromatic heterocycles. The molecular formula is C79H77N5. The molecule has 0 radical (unpaired) electrons. The fourth-order valence-electron chi connectivity index (χ4n) is 10.7. The molecule has 84 heavy (non-hydrogen) atoms. The molecule has 5 heteroatoms. The molecular weight excluding hydrogens is 1020 g/mol. The first-order chi connectivity index (χ1) is 41.4. The highest BCUT2D eigenvalue weighted by Crippen LogP contribution is 2.41. The van der Waals surface area contributed by atoms with Crippen molar-refractivity contribution < 1.29 is 0 Å². The second kappa shape index (κ2) is 29.4. The van der Waals surface area contributed by atoms with E-state index < -0.39 is 0 Å². The number of nitrogens with two attached hydrogens (primary N) is 2. The summed E-state index contributed by atoms with van der Waals surface area (Å²) in [5.74, 6) is 0. The van der Waals surface area contributed by atoms with Crippen LogP contribution in [0.15, 0.2) is 279 Å². The molecule has 0 bridgehead atoms. The average Bonchev–Trinajstić information content (AvgIpc) is 2.02. The first-order valence-corrected chi connectivity index (χ1v) is 29.4. The van der Waals surface area contributed by atoms with Crippen molar-refractivity contribution in [3.63, 3.8) is 0 Å². The molecule has 0 fully saturated rings. The topological polar surface area (TPSA) is 74.3 Å². The van der Waals surface area contributed by atoms with Crippen molar-refractivity contribution in [1.82, 2.24) is 9.13 Å². The van der Waals surface area contributed by atoms with Gasteiger partial charge in [0.1, 0.15) is 0 Å². The lowest BCUT2D eigenvalue weighted by Gasteiger charge is -2.19. The van der Waals surface area contributed by atoms with Crippen molar-refractivity contribution in [2.24, 2.45) is 16.5 Å². The number of fused-ring (bicyclic) bond motifs is 6. The quantitative estimate of drug-likeness (QED) is 0.100. The Labute approximate surface area is 497 Å². The Morgan fingerprint density at radius 1 is 0.476 bits per heavy atom. The van der Waals surface area contributed by atoms with Crippen molar-refractivity contribution in [2.75, 3.05) is 6.67 Å². The van der Waals surface area contributed by atoms with E-state index in [0.717, 1.165) is 41.6 Å². The Hall–Kier alpha value is -9.65. The maximum atomic E-state index is 5.76. The molecule has 0 saturated heterocycles. The third kappa shape index (κ3) is 13.8. The van der Waals surface area contributed by atoms with Gasteiger partial charge in [0.25, 0.3) is 0 Å². The maximum Gasteiger partial charge on any atom is 0.0859 e. The zero-order valence-corrected chi connectivity index (χ0v) is 49.3. The predicted octanol–water partition coefficient (Wildman–Crippen LogP) is 20.0. The maximum absolute atomic E-state index is 5.76. The van der Waals surface area contributed by atoms with E-state index >= 15 is 0 Å². The Morgan fingerprint density at radius 2 is 0.976 bits per heavy atom. The predicted molar refractivity (Wildman–Crippen MR) is 364 cm³/mol. The van der Waals surface area contributed by atoms with Crippen LogP contribution in [-0.2, 0) is 13.0 Å². The number of hydrogen-bond donors (Lipinski definition) is 2. The van der Waals surface area contributed by atoms with Crippen LogP contribution in [-0.4, -0.2) is 22.0 Å². The lowest BCUT2D eigenvalue weighted by atomic mass is 9.90. The molecule has 13 rings (SSSR count). The monoisotopic (exact) mass is 1100 g/mol. The number of aryl methyl sites for hydroxylation is 2. The minimum absolute atomic E-state index is 0.249. The molecule has 0 aliphatic heterocycles. The van der Waals surface area contributed by atoms with Crippen molar-refractivity contribution in [3.8, 4) is 33.6 Å². The Kier molecular flexibility index (Phi) is 20.6. The number of rotatable bonds is 11. The fourth-order valence-corrected chi connectivity index (χ4v) is 10.7. The van der Waals surface area contributed by atoms with E-state index in [-0.39, 0.29) is 6.67 Å². The lowest BCUT2D eigenvalue weighted by molar-refractivity contribution is 0.898. The van der Waals surface area contributed by atoms with E-state index in [2.05, 4.69) is 290 Å². The van der Waals surface area contributed by atoms with Crippen LogP contribution < -0.4 is 11.5 Å². The number of nitrogens with zero attached hydrogens (tertiary/aromatic N) is 3. The van der Waals surface area contributed by atoms with Crippen LogP contribution in [0.5, 0.6) is 0 Å². The van der Waals surface area contributed by atoms with Gasteiger partial charge in [0.15, 0.2) is 0 Å². The molecule has 0 unspecified atom stereocenters. The minimum atomic E-state index is 0.249. The Morgan fingerprint density at radius 3 is 1.56 bits per heavy atom. The summed E-state index contributed by atoms with van der Waals surface area (Å²) in [5.41, 5.74) is 34.7. The van der Waals surface area contributed by atoms with Gasteiger partial charge < -0.3 is 20.6 Å². The van der Waals surface area contributed by atoms with E-state index in [1.807, 2.05) is 44.3 Å². The van der Waals surface area contributed by atoms with Crippen LogP contribution in [0.1, 0.15) is 78.3 Å². The number of aliphatic imine (C=N–C) groups is 1. The molecule has 2 heterocycles. The highest BCUT2D eigenvalue weighted by atomic mass is 15.0. The molecule has 1 aliphatic rings. The van der Waals surface area contributed by atoms with Gasteiger partial charge in [-0.1, -0.05) is 233 Å². The van der Waals surface area contributed by atoms with Gasteiger partial charge in [0.05, 0.1) is 23.2 Å². The number of para-hydroxylation sites is 3. The van der Waals surface area contributed by atoms with Gasteiger partial charge >= 0.3 is 0 Å². The summed E-state index contributed by atoms with van der Waals surface area (Å²) in [5, 5.41) is 3.83. The summed E-state index contributed by atoms with van der Waals surface area (Å²) in [6, 6.07) is 90.6. The second-order valence-corrected chi connectivity index (χ2v) is 20.4. The molecule has 4 N–H and O–H groups in total. The van der Waals surface area contributed by atoms with Crippen molar-refractivity contribution >= 4 is 56.1 Å². The molecule has 418 valence electrons. The van der Waals surface area contributed by atoms with Crippen molar-refractivity contribution in [3.05, 3.63) is 318 Å². The number of allylic oxidation sites excluding steroid dienone is 3. The first kappa shape index (κ1) is 59.0. The zero-order chi connectivity index (χ0) is 58.6. The number of hydrogen-bond acceptors (Lipinski definition) is 3. The van der Waals surface area contributed by atoms with Crippen LogP contribution >= 0.6 is 0 Å². The molecule has 1 aliphatic carbocycles. The van der Waals surface area contributed by atoms with Gasteiger partial charge in [0, 0.05) is 51.6 Å². The molecule has 0 spiro atoms. The van der Waals surface area contributed by atoms with Gasteiger partial charge in [-0.3, -0.25) is 4.99 Å². The third-order valence-corrected chi connectivity index (χ3v) is 15.2.